The SMILES string of the molecule is Cc1cc(C)cc(NC(=O)C2(C(N)=S)CC2)c1. The molecule has 90 valence electrons. The number of benzene rings is 1. The molecule has 0 saturated heterocycles. The average molecular weight is 248 g/mol. The van der Waals surface area contributed by atoms with E-state index >= 15 is 0 Å². The van der Waals surface area contributed by atoms with E-state index in [9.17, 15) is 4.79 Å². The molecular weight excluding hydrogens is 232 g/mol. The summed E-state index contributed by atoms with van der Waals surface area (Å²) in [6.07, 6.45) is 1.53. The Morgan fingerprint density at radius 2 is 1.82 bits per heavy atom. The topological polar surface area (TPSA) is 55.1 Å². The zero-order chi connectivity index (χ0) is 12.6. The molecule has 2 rings (SSSR count). The fraction of sp³-hybridized carbons (Fsp3) is 0.385. The van der Waals surface area contributed by atoms with Crippen LogP contribution in [0, 0.1) is 19.3 Å². The Hall–Kier alpha value is -1.42. The normalized spacial score (nSPS) is 16.4. The molecule has 0 aliphatic heterocycles. The monoisotopic (exact) mass is 248 g/mol. The number of carbonyl (C=O) groups is 1. The highest BCUT2D eigenvalue weighted by Gasteiger charge is 2.52. The second kappa shape index (κ2) is 4.11. The Kier molecular flexibility index (Phi) is 2.91. The summed E-state index contributed by atoms with van der Waals surface area (Å²) in [6.45, 7) is 4.01. The molecule has 0 heterocycles. The molecule has 17 heavy (non-hydrogen) atoms. The highest BCUT2D eigenvalue weighted by atomic mass is 32.1. The molecule has 0 atom stereocenters. The summed E-state index contributed by atoms with van der Waals surface area (Å²) in [4.78, 5) is 12.4. The van der Waals surface area contributed by atoms with Crippen LogP contribution in [0.25, 0.3) is 0 Å². The van der Waals surface area contributed by atoms with Gasteiger partial charge in [-0.2, -0.15) is 0 Å². The fourth-order valence-corrected chi connectivity index (χ4v) is 2.30. The van der Waals surface area contributed by atoms with Gasteiger partial charge in [0.25, 0.3) is 0 Å². The molecular formula is C13H16N2OS. The number of anilines is 1. The van der Waals surface area contributed by atoms with E-state index in [2.05, 4.69) is 11.4 Å². The van der Waals surface area contributed by atoms with Crippen LogP contribution in [0.5, 0.6) is 0 Å². The Morgan fingerprint density at radius 3 is 2.24 bits per heavy atom. The average Bonchev–Trinajstić information content (AvgIpc) is 2.95. The molecule has 3 N–H and O–H groups in total. The minimum atomic E-state index is -0.590. The lowest BCUT2D eigenvalue weighted by Crippen LogP contribution is -2.35. The van der Waals surface area contributed by atoms with Crippen molar-refractivity contribution in [1.82, 2.24) is 0 Å². The minimum Gasteiger partial charge on any atom is -0.392 e. The van der Waals surface area contributed by atoms with Gasteiger partial charge in [-0.1, -0.05) is 18.3 Å². The molecule has 1 aliphatic rings. The third kappa shape index (κ3) is 2.31. The summed E-state index contributed by atoms with van der Waals surface area (Å²) >= 11 is 4.96. The number of thiocarbonyl (C=S) groups is 1. The first-order valence-electron chi connectivity index (χ1n) is 5.64. The smallest absolute Gasteiger partial charge is 0.237 e. The predicted molar refractivity (Wildman–Crippen MR) is 73.0 cm³/mol. The number of amides is 1. The third-order valence-electron chi connectivity index (χ3n) is 3.14. The summed E-state index contributed by atoms with van der Waals surface area (Å²) in [5.74, 6) is -0.0741. The molecule has 1 saturated carbocycles. The van der Waals surface area contributed by atoms with Gasteiger partial charge in [0.1, 0.15) is 0 Å². The molecule has 4 heteroatoms. The summed E-state index contributed by atoms with van der Waals surface area (Å²) in [5, 5.41) is 2.90. The second-order valence-corrected chi connectivity index (χ2v) is 5.22. The molecule has 0 spiro atoms. The molecule has 0 aromatic heterocycles. The number of nitrogens with one attached hydrogen (secondary N) is 1. The van der Waals surface area contributed by atoms with Crippen molar-refractivity contribution in [2.45, 2.75) is 26.7 Å². The summed E-state index contributed by atoms with van der Waals surface area (Å²) < 4.78 is 0. The van der Waals surface area contributed by atoms with Crippen molar-refractivity contribution >= 4 is 28.8 Å². The largest absolute Gasteiger partial charge is 0.392 e. The molecule has 1 aromatic carbocycles. The highest BCUT2D eigenvalue weighted by Crippen LogP contribution is 2.46. The molecule has 0 unspecified atom stereocenters. The van der Waals surface area contributed by atoms with Crippen molar-refractivity contribution in [1.29, 1.82) is 0 Å². The molecule has 0 radical (unpaired) electrons. The number of aryl methyl sites for hydroxylation is 2. The summed E-state index contributed by atoms with van der Waals surface area (Å²) in [5.41, 5.74) is 8.09. The predicted octanol–water partition coefficient (Wildman–Crippen LogP) is 2.31. The van der Waals surface area contributed by atoms with Crippen molar-refractivity contribution < 1.29 is 4.79 Å². The molecule has 1 aromatic rings. The van der Waals surface area contributed by atoms with Gasteiger partial charge in [0.05, 0.1) is 10.4 Å². The maximum atomic E-state index is 12.1. The first-order chi connectivity index (χ1) is 7.94. The van der Waals surface area contributed by atoms with E-state index in [1.807, 2.05) is 26.0 Å². The van der Waals surface area contributed by atoms with Gasteiger partial charge in [0.15, 0.2) is 0 Å². The lowest BCUT2D eigenvalue weighted by Gasteiger charge is -2.14. The van der Waals surface area contributed by atoms with Crippen molar-refractivity contribution in [2.75, 3.05) is 5.32 Å². The zero-order valence-electron chi connectivity index (χ0n) is 10.0. The molecule has 3 nitrogen and oxygen atoms in total. The number of carbonyl (C=O) groups excluding carboxylic acids is 1. The third-order valence-corrected chi connectivity index (χ3v) is 3.53. The molecule has 1 fully saturated rings. The zero-order valence-corrected chi connectivity index (χ0v) is 10.9. The number of nitrogens with two attached hydrogens (primary N) is 1. The fourth-order valence-electron chi connectivity index (χ4n) is 2.01. The number of hydrogen-bond donors (Lipinski definition) is 2. The second-order valence-electron chi connectivity index (χ2n) is 4.78. The van der Waals surface area contributed by atoms with Crippen LogP contribution < -0.4 is 11.1 Å². The van der Waals surface area contributed by atoms with E-state index in [0.717, 1.165) is 29.7 Å². The number of rotatable bonds is 3. The van der Waals surface area contributed by atoms with Crippen molar-refractivity contribution in [3.63, 3.8) is 0 Å². The van der Waals surface area contributed by atoms with E-state index in [4.69, 9.17) is 18.0 Å². The lowest BCUT2D eigenvalue weighted by atomic mass is 10.1. The van der Waals surface area contributed by atoms with Gasteiger partial charge in [-0.3, -0.25) is 4.79 Å². The van der Waals surface area contributed by atoms with Crippen molar-refractivity contribution in [3.8, 4) is 0 Å². The molecule has 0 bridgehead atoms. The standard InChI is InChI=1S/C13H16N2OS/c1-8-5-9(2)7-10(6-8)15-12(16)13(3-4-13)11(14)17/h5-7H,3-4H2,1-2H3,(H2,14,17)(H,15,16). The molecule has 1 amide bonds. The van der Waals surface area contributed by atoms with Crippen LogP contribution in [0.3, 0.4) is 0 Å². The van der Waals surface area contributed by atoms with E-state index < -0.39 is 5.41 Å². The highest BCUT2D eigenvalue weighted by molar-refractivity contribution is 7.80. The van der Waals surface area contributed by atoms with Gasteiger partial charge in [0.2, 0.25) is 5.91 Å². The lowest BCUT2D eigenvalue weighted by molar-refractivity contribution is -0.118. The Bertz CT molecular complexity index is 472. The van der Waals surface area contributed by atoms with E-state index in [1.165, 1.54) is 0 Å². The van der Waals surface area contributed by atoms with E-state index in [-0.39, 0.29) is 5.91 Å². The first-order valence-corrected chi connectivity index (χ1v) is 6.04. The van der Waals surface area contributed by atoms with Crippen LogP contribution in [-0.2, 0) is 4.79 Å². The van der Waals surface area contributed by atoms with Gasteiger partial charge >= 0.3 is 0 Å². The van der Waals surface area contributed by atoms with Crippen molar-refractivity contribution in [3.05, 3.63) is 29.3 Å². The molecule has 1 aliphatic carbocycles. The minimum absolute atomic E-state index is 0.0741. The Labute approximate surface area is 106 Å². The van der Waals surface area contributed by atoms with E-state index in [1.54, 1.807) is 0 Å². The van der Waals surface area contributed by atoms with Crippen LogP contribution in [0.1, 0.15) is 24.0 Å². The van der Waals surface area contributed by atoms with Crippen LogP contribution in [0.15, 0.2) is 18.2 Å². The van der Waals surface area contributed by atoms with Gasteiger partial charge in [-0.05, 0) is 49.9 Å². The number of hydrogen-bond acceptors (Lipinski definition) is 2. The van der Waals surface area contributed by atoms with Crippen LogP contribution >= 0.6 is 12.2 Å². The van der Waals surface area contributed by atoms with Crippen LogP contribution in [0.2, 0.25) is 0 Å². The summed E-state index contributed by atoms with van der Waals surface area (Å²) in [6, 6.07) is 5.96. The van der Waals surface area contributed by atoms with E-state index in [0.29, 0.717) is 4.99 Å². The van der Waals surface area contributed by atoms with Gasteiger partial charge in [-0.15, -0.1) is 0 Å². The van der Waals surface area contributed by atoms with Crippen molar-refractivity contribution in [2.24, 2.45) is 11.1 Å². The van der Waals surface area contributed by atoms with Gasteiger partial charge in [-0.25, -0.2) is 0 Å². The Balaban J connectivity index is 2.16. The van der Waals surface area contributed by atoms with Gasteiger partial charge < -0.3 is 11.1 Å². The van der Waals surface area contributed by atoms with Crippen LogP contribution in [-0.4, -0.2) is 10.9 Å². The quantitative estimate of drug-likeness (QED) is 0.807. The summed E-state index contributed by atoms with van der Waals surface area (Å²) in [7, 11) is 0. The maximum absolute atomic E-state index is 12.1. The first kappa shape index (κ1) is 12.0. The van der Waals surface area contributed by atoms with Gasteiger partial charge in [0, 0.05) is 5.69 Å². The van der Waals surface area contributed by atoms with Crippen LogP contribution in [0.4, 0.5) is 5.69 Å². The Morgan fingerprint density at radius 1 is 1.29 bits per heavy atom. The maximum Gasteiger partial charge on any atom is 0.237 e.